The second-order valence-electron chi connectivity index (χ2n) is 7.81. The Labute approximate surface area is 187 Å². The molecule has 2 aliphatic heterocycles. The Balaban J connectivity index is 1.38. The van der Waals surface area contributed by atoms with Crippen LogP contribution in [0.4, 0.5) is 10.5 Å². The Morgan fingerprint density at radius 1 is 0.906 bits per heavy atom. The van der Waals surface area contributed by atoms with Crippen LogP contribution in [-0.4, -0.2) is 79.0 Å². The molecule has 0 aliphatic carbocycles. The van der Waals surface area contributed by atoms with E-state index in [0.717, 1.165) is 31.5 Å². The van der Waals surface area contributed by atoms with Crippen LogP contribution < -0.4 is 19.5 Å². The zero-order valence-corrected chi connectivity index (χ0v) is 18.7. The number of urea groups is 1. The number of benzene rings is 1. The van der Waals surface area contributed by atoms with Gasteiger partial charge in [-0.3, -0.25) is 9.48 Å². The normalized spacial score (nSPS) is 15.7. The van der Waals surface area contributed by atoms with E-state index in [1.54, 1.807) is 28.1 Å². The predicted octanol–water partition coefficient (Wildman–Crippen LogP) is 2.24. The lowest BCUT2D eigenvalue weighted by molar-refractivity contribution is 0.0670. The number of nitrogens with one attached hydrogen (secondary N) is 1. The molecule has 0 unspecified atom stereocenters. The van der Waals surface area contributed by atoms with Gasteiger partial charge < -0.3 is 29.3 Å². The first-order valence-electron chi connectivity index (χ1n) is 10.8. The molecule has 4 rings (SSSR count). The molecule has 2 aromatic rings. The number of amides is 3. The fourth-order valence-corrected chi connectivity index (χ4v) is 4.24. The predicted molar refractivity (Wildman–Crippen MR) is 118 cm³/mol. The number of rotatable bonds is 5. The minimum absolute atomic E-state index is 0.00200. The molecule has 0 saturated carbocycles. The highest BCUT2D eigenvalue weighted by molar-refractivity contribution is 5.95. The zero-order valence-electron chi connectivity index (χ0n) is 18.7. The highest BCUT2D eigenvalue weighted by atomic mass is 16.5. The van der Waals surface area contributed by atoms with E-state index in [2.05, 4.69) is 10.4 Å². The largest absolute Gasteiger partial charge is 0.493 e. The van der Waals surface area contributed by atoms with Gasteiger partial charge in [0.15, 0.2) is 11.5 Å². The summed E-state index contributed by atoms with van der Waals surface area (Å²) < 4.78 is 17.9. The number of fused-ring (bicyclic) bond motifs is 1. The summed E-state index contributed by atoms with van der Waals surface area (Å²) in [5.41, 5.74) is 2.26. The van der Waals surface area contributed by atoms with Crippen LogP contribution in [0.2, 0.25) is 0 Å². The van der Waals surface area contributed by atoms with Crippen molar-refractivity contribution in [1.29, 1.82) is 0 Å². The minimum Gasteiger partial charge on any atom is -0.493 e. The van der Waals surface area contributed by atoms with Gasteiger partial charge in [-0.1, -0.05) is 0 Å². The Morgan fingerprint density at radius 3 is 2.19 bits per heavy atom. The van der Waals surface area contributed by atoms with Crippen molar-refractivity contribution in [3.63, 3.8) is 0 Å². The van der Waals surface area contributed by atoms with Gasteiger partial charge in [-0.2, -0.15) is 5.10 Å². The van der Waals surface area contributed by atoms with E-state index in [1.165, 1.54) is 21.3 Å². The number of anilines is 1. The van der Waals surface area contributed by atoms with Crippen LogP contribution in [0.1, 0.15) is 28.9 Å². The van der Waals surface area contributed by atoms with Crippen LogP contribution in [0.5, 0.6) is 17.2 Å². The van der Waals surface area contributed by atoms with Gasteiger partial charge in [-0.15, -0.1) is 0 Å². The molecular formula is C22H29N5O5. The first kappa shape index (κ1) is 21.8. The molecule has 3 amide bonds. The molecular weight excluding hydrogens is 414 g/mol. The lowest BCUT2D eigenvalue weighted by atomic mass is 10.1. The average molecular weight is 444 g/mol. The quantitative estimate of drug-likeness (QED) is 0.761. The minimum atomic E-state index is -0.241. The molecule has 0 spiro atoms. The lowest BCUT2D eigenvalue weighted by Crippen LogP contribution is -2.51. The number of hydrogen-bond donors (Lipinski definition) is 1. The number of methoxy groups -OCH3 is 3. The van der Waals surface area contributed by atoms with Gasteiger partial charge in [0.25, 0.3) is 5.91 Å². The third kappa shape index (κ3) is 4.17. The highest BCUT2D eigenvalue weighted by Crippen LogP contribution is 2.40. The van der Waals surface area contributed by atoms with Crippen LogP contribution in [0, 0.1) is 0 Å². The van der Waals surface area contributed by atoms with E-state index in [4.69, 9.17) is 14.2 Å². The third-order valence-corrected chi connectivity index (χ3v) is 5.98. The summed E-state index contributed by atoms with van der Waals surface area (Å²) in [6.45, 7) is 2.73. The van der Waals surface area contributed by atoms with Crippen molar-refractivity contribution in [3.05, 3.63) is 29.6 Å². The van der Waals surface area contributed by atoms with E-state index in [9.17, 15) is 9.59 Å². The van der Waals surface area contributed by atoms with E-state index in [0.29, 0.717) is 54.7 Å². The molecule has 0 radical (unpaired) electrons. The van der Waals surface area contributed by atoms with Gasteiger partial charge in [-0.05, 0) is 19.3 Å². The summed E-state index contributed by atoms with van der Waals surface area (Å²) in [5, 5.41) is 7.25. The van der Waals surface area contributed by atoms with Crippen molar-refractivity contribution < 1.29 is 23.8 Å². The molecule has 1 saturated heterocycles. The third-order valence-electron chi connectivity index (χ3n) is 5.98. The number of aromatic nitrogens is 2. The summed E-state index contributed by atoms with van der Waals surface area (Å²) in [5.74, 6) is 1.38. The standard InChI is InChI=1S/C22H29N5O5/c1-30-18-12-15(13-19(31-2)20(18)32-3)24-22(29)26-10-8-25(9-11-26)21(28)16-14-23-27-7-5-4-6-17(16)27/h12-14H,4-11H2,1-3H3,(H,24,29). The summed E-state index contributed by atoms with van der Waals surface area (Å²) >= 11 is 0. The van der Waals surface area contributed by atoms with Crippen LogP contribution in [0.25, 0.3) is 0 Å². The van der Waals surface area contributed by atoms with Gasteiger partial charge in [0.05, 0.1) is 44.5 Å². The van der Waals surface area contributed by atoms with E-state index >= 15 is 0 Å². The monoisotopic (exact) mass is 443 g/mol. The Bertz CT molecular complexity index is 972. The van der Waals surface area contributed by atoms with Crippen LogP contribution in [-0.2, 0) is 13.0 Å². The zero-order chi connectivity index (χ0) is 22.7. The van der Waals surface area contributed by atoms with Gasteiger partial charge in [0.1, 0.15) is 0 Å². The van der Waals surface area contributed by atoms with Gasteiger partial charge >= 0.3 is 6.03 Å². The maximum absolute atomic E-state index is 13.0. The van der Waals surface area contributed by atoms with Crippen molar-refractivity contribution in [2.75, 3.05) is 52.8 Å². The maximum Gasteiger partial charge on any atom is 0.321 e. The number of carbonyl (C=O) groups is 2. The molecule has 3 heterocycles. The molecule has 172 valence electrons. The van der Waals surface area contributed by atoms with Crippen molar-refractivity contribution >= 4 is 17.6 Å². The first-order chi connectivity index (χ1) is 15.5. The summed E-state index contributed by atoms with van der Waals surface area (Å²) in [7, 11) is 4.58. The number of hydrogen-bond acceptors (Lipinski definition) is 6. The Morgan fingerprint density at radius 2 is 1.56 bits per heavy atom. The van der Waals surface area contributed by atoms with Crippen LogP contribution in [0.15, 0.2) is 18.3 Å². The molecule has 10 nitrogen and oxygen atoms in total. The first-order valence-corrected chi connectivity index (χ1v) is 10.8. The maximum atomic E-state index is 13.0. The lowest BCUT2D eigenvalue weighted by Gasteiger charge is -2.34. The van der Waals surface area contributed by atoms with Gasteiger partial charge in [0, 0.05) is 44.9 Å². The van der Waals surface area contributed by atoms with Crippen molar-refractivity contribution in [2.24, 2.45) is 0 Å². The summed E-state index contributed by atoms with van der Waals surface area (Å²) in [6.07, 6.45) is 4.76. The Hall–Kier alpha value is -3.43. The average Bonchev–Trinajstić information content (AvgIpc) is 3.27. The molecule has 0 atom stereocenters. The van der Waals surface area contributed by atoms with E-state index in [1.807, 2.05) is 4.68 Å². The summed E-state index contributed by atoms with van der Waals surface area (Å²) in [6, 6.07) is 3.12. The van der Waals surface area contributed by atoms with Crippen LogP contribution >= 0.6 is 0 Å². The van der Waals surface area contributed by atoms with E-state index in [-0.39, 0.29) is 11.9 Å². The smallest absolute Gasteiger partial charge is 0.321 e. The molecule has 1 N–H and O–H groups in total. The number of piperazine rings is 1. The molecule has 1 aromatic carbocycles. The number of ether oxygens (including phenoxy) is 3. The molecule has 10 heteroatoms. The fraction of sp³-hybridized carbons (Fsp3) is 0.500. The molecule has 2 aliphatic rings. The molecule has 32 heavy (non-hydrogen) atoms. The van der Waals surface area contributed by atoms with Crippen molar-refractivity contribution in [3.8, 4) is 17.2 Å². The molecule has 0 bridgehead atoms. The summed E-state index contributed by atoms with van der Waals surface area (Å²) in [4.78, 5) is 29.3. The highest BCUT2D eigenvalue weighted by Gasteiger charge is 2.28. The van der Waals surface area contributed by atoms with Crippen LogP contribution in [0.3, 0.4) is 0 Å². The number of nitrogens with zero attached hydrogens (tertiary/aromatic N) is 4. The fourth-order valence-electron chi connectivity index (χ4n) is 4.24. The second-order valence-corrected chi connectivity index (χ2v) is 7.81. The van der Waals surface area contributed by atoms with Gasteiger partial charge in [0.2, 0.25) is 5.75 Å². The second kappa shape index (κ2) is 9.37. The van der Waals surface area contributed by atoms with E-state index < -0.39 is 0 Å². The Kier molecular flexibility index (Phi) is 6.38. The SMILES string of the molecule is COc1cc(NC(=O)N2CCN(C(=O)c3cnn4c3CCCC4)CC2)cc(OC)c1OC. The molecule has 1 aromatic heterocycles. The van der Waals surface area contributed by atoms with Gasteiger partial charge in [-0.25, -0.2) is 4.79 Å². The molecule has 1 fully saturated rings. The number of aryl methyl sites for hydroxylation is 1. The van der Waals surface area contributed by atoms with Crippen molar-refractivity contribution in [1.82, 2.24) is 19.6 Å². The number of carbonyl (C=O) groups excluding carboxylic acids is 2. The van der Waals surface area contributed by atoms with Crippen molar-refractivity contribution in [2.45, 2.75) is 25.8 Å². The topological polar surface area (TPSA) is 98.2 Å².